The second-order valence-electron chi connectivity index (χ2n) is 4.87. The third kappa shape index (κ3) is 3.16. The lowest BCUT2D eigenvalue weighted by molar-refractivity contribution is -0.142. The van der Waals surface area contributed by atoms with Gasteiger partial charge in [-0.25, -0.2) is 4.79 Å². The molecule has 2 amide bonds. The number of aliphatic carboxylic acids is 1. The van der Waals surface area contributed by atoms with E-state index >= 15 is 0 Å². The Balaban J connectivity index is 1.94. The Morgan fingerprint density at radius 1 is 1.32 bits per heavy atom. The molecule has 2 rings (SSSR count). The maximum atomic E-state index is 12.2. The SMILES string of the molecule is CCC1COCCN1C(=O)NC1COCC1C(=O)O. The van der Waals surface area contributed by atoms with Crippen LogP contribution in [0.5, 0.6) is 0 Å². The van der Waals surface area contributed by atoms with Crippen LogP contribution in [0.4, 0.5) is 4.79 Å². The third-order valence-electron chi connectivity index (χ3n) is 3.67. The molecule has 2 aliphatic heterocycles. The van der Waals surface area contributed by atoms with Gasteiger partial charge in [0.2, 0.25) is 0 Å². The van der Waals surface area contributed by atoms with Gasteiger partial charge in [-0.2, -0.15) is 0 Å². The van der Waals surface area contributed by atoms with Crippen LogP contribution in [0, 0.1) is 5.92 Å². The van der Waals surface area contributed by atoms with E-state index in [1.807, 2.05) is 6.92 Å². The number of hydrogen-bond acceptors (Lipinski definition) is 4. The number of carbonyl (C=O) groups excluding carboxylic acids is 1. The maximum absolute atomic E-state index is 12.2. The zero-order chi connectivity index (χ0) is 13.8. The summed E-state index contributed by atoms with van der Waals surface area (Å²) in [5.41, 5.74) is 0. The van der Waals surface area contributed by atoms with Gasteiger partial charge in [0.05, 0.1) is 38.5 Å². The van der Waals surface area contributed by atoms with Crippen molar-refractivity contribution in [2.75, 3.05) is 33.0 Å². The lowest BCUT2D eigenvalue weighted by Crippen LogP contribution is -2.55. The molecule has 3 unspecified atom stereocenters. The molecular weight excluding hydrogens is 252 g/mol. The van der Waals surface area contributed by atoms with E-state index in [1.165, 1.54) is 0 Å². The lowest BCUT2D eigenvalue weighted by atomic mass is 10.0. The largest absolute Gasteiger partial charge is 0.481 e. The van der Waals surface area contributed by atoms with Gasteiger partial charge in [0, 0.05) is 6.54 Å². The second kappa shape index (κ2) is 6.21. The van der Waals surface area contributed by atoms with Crippen LogP contribution in [0.3, 0.4) is 0 Å². The number of carboxylic acids is 1. The lowest BCUT2D eigenvalue weighted by Gasteiger charge is -2.35. The average molecular weight is 272 g/mol. The summed E-state index contributed by atoms with van der Waals surface area (Å²) in [7, 11) is 0. The Bertz CT molecular complexity index is 349. The average Bonchev–Trinajstić information content (AvgIpc) is 2.87. The summed E-state index contributed by atoms with van der Waals surface area (Å²) in [6.07, 6.45) is 0.816. The highest BCUT2D eigenvalue weighted by molar-refractivity contribution is 5.77. The zero-order valence-corrected chi connectivity index (χ0v) is 11.0. The summed E-state index contributed by atoms with van der Waals surface area (Å²) in [5, 5.41) is 11.8. The number of hydrogen-bond donors (Lipinski definition) is 2. The second-order valence-corrected chi connectivity index (χ2v) is 4.87. The van der Waals surface area contributed by atoms with Gasteiger partial charge in [-0.3, -0.25) is 4.79 Å². The zero-order valence-electron chi connectivity index (χ0n) is 11.0. The minimum atomic E-state index is -0.934. The van der Waals surface area contributed by atoms with Crippen LogP contribution in [-0.4, -0.2) is 67.1 Å². The maximum Gasteiger partial charge on any atom is 0.318 e. The fraction of sp³-hybridized carbons (Fsp3) is 0.833. The fourth-order valence-corrected chi connectivity index (χ4v) is 2.44. The Labute approximate surface area is 111 Å². The van der Waals surface area contributed by atoms with Gasteiger partial charge in [-0.15, -0.1) is 0 Å². The van der Waals surface area contributed by atoms with Crippen LogP contribution < -0.4 is 5.32 Å². The number of rotatable bonds is 3. The number of ether oxygens (including phenoxy) is 2. The van der Waals surface area contributed by atoms with Crippen molar-refractivity contribution in [2.45, 2.75) is 25.4 Å². The molecule has 2 aliphatic rings. The normalized spacial score (nSPS) is 31.2. The predicted octanol–water partition coefficient (Wildman–Crippen LogP) is -0.0936. The first-order chi connectivity index (χ1) is 9.13. The first kappa shape index (κ1) is 14.1. The molecule has 0 aliphatic carbocycles. The van der Waals surface area contributed by atoms with Gasteiger partial charge in [0.1, 0.15) is 5.92 Å². The number of carbonyl (C=O) groups is 2. The summed E-state index contributed by atoms with van der Waals surface area (Å²) in [5.74, 6) is -1.60. The van der Waals surface area contributed by atoms with E-state index in [0.29, 0.717) is 19.8 Å². The number of carboxylic acid groups (broad SMARTS) is 1. The molecule has 7 nitrogen and oxygen atoms in total. The van der Waals surface area contributed by atoms with Gasteiger partial charge in [-0.05, 0) is 6.42 Å². The number of nitrogens with zero attached hydrogens (tertiary/aromatic N) is 1. The molecule has 0 aromatic carbocycles. The van der Waals surface area contributed by atoms with Gasteiger partial charge in [0.25, 0.3) is 0 Å². The molecular formula is C12H20N2O5. The van der Waals surface area contributed by atoms with Gasteiger partial charge < -0.3 is 24.8 Å². The van der Waals surface area contributed by atoms with Crippen molar-refractivity contribution >= 4 is 12.0 Å². The van der Waals surface area contributed by atoms with Crippen LogP contribution in [0.15, 0.2) is 0 Å². The highest BCUT2D eigenvalue weighted by atomic mass is 16.5. The predicted molar refractivity (Wildman–Crippen MR) is 65.9 cm³/mol. The third-order valence-corrected chi connectivity index (χ3v) is 3.67. The van der Waals surface area contributed by atoms with E-state index in [2.05, 4.69) is 5.32 Å². The number of nitrogens with one attached hydrogen (secondary N) is 1. The summed E-state index contributed by atoms with van der Waals surface area (Å²) in [6.45, 7) is 4.00. The smallest absolute Gasteiger partial charge is 0.318 e. The standard InChI is InChI=1S/C12H20N2O5/c1-2-8-5-18-4-3-14(8)12(17)13-10-7-19-6-9(10)11(15)16/h8-10H,2-7H2,1H3,(H,13,17)(H,15,16). The monoisotopic (exact) mass is 272 g/mol. The summed E-state index contributed by atoms with van der Waals surface area (Å²) >= 11 is 0. The molecule has 0 aromatic rings. The van der Waals surface area contributed by atoms with Crippen LogP contribution in [0.2, 0.25) is 0 Å². The highest BCUT2D eigenvalue weighted by Gasteiger charge is 2.37. The topological polar surface area (TPSA) is 88.1 Å². The first-order valence-electron chi connectivity index (χ1n) is 6.59. The van der Waals surface area contributed by atoms with E-state index in [4.69, 9.17) is 14.6 Å². The highest BCUT2D eigenvalue weighted by Crippen LogP contribution is 2.16. The molecule has 3 atom stereocenters. The number of urea groups is 1. The van der Waals surface area contributed by atoms with Crippen molar-refractivity contribution in [2.24, 2.45) is 5.92 Å². The van der Waals surface area contributed by atoms with Crippen molar-refractivity contribution in [1.82, 2.24) is 10.2 Å². The van der Waals surface area contributed by atoms with Gasteiger partial charge in [0.15, 0.2) is 0 Å². The van der Waals surface area contributed by atoms with Crippen LogP contribution in [-0.2, 0) is 14.3 Å². The van der Waals surface area contributed by atoms with E-state index in [0.717, 1.165) is 6.42 Å². The van der Waals surface area contributed by atoms with Gasteiger partial charge in [-0.1, -0.05) is 6.92 Å². The molecule has 7 heteroatoms. The minimum absolute atomic E-state index is 0.0550. The van der Waals surface area contributed by atoms with E-state index < -0.39 is 17.9 Å². The van der Waals surface area contributed by atoms with E-state index in [-0.39, 0.29) is 25.3 Å². The summed E-state index contributed by atoms with van der Waals surface area (Å²) in [6, 6.07) is -0.624. The molecule has 0 radical (unpaired) electrons. The summed E-state index contributed by atoms with van der Waals surface area (Å²) in [4.78, 5) is 25.0. The Morgan fingerprint density at radius 2 is 2.11 bits per heavy atom. The molecule has 2 heterocycles. The van der Waals surface area contributed by atoms with Crippen molar-refractivity contribution in [3.63, 3.8) is 0 Å². The van der Waals surface area contributed by atoms with Crippen LogP contribution >= 0.6 is 0 Å². The molecule has 2 fully saturated rings. The molecule has 19 heavy (non-hydrogen) atoms. The molecule has 2 N–H and O–H groups in total. The molecule has 0 aromatic heterocycles. The van der Waals surface area contributed by atoms with E-state index in [9.17, 15) is 9.59 Å². The molecule has 0 bridgehead atoms. The number of morpholine rings is 1. The Morgan fingerprint density at radius 3 is 2.79 bits per heavy atom. The Hall–Kier alpha value is -1.34. The molecule has 0 spiro atoms. The summed E-state index contributed by atoms with van der Waals surface area (Å²) < 4.78 is 10.5. The Kier molecular flexibility index (Phi) is 4.60. The first-order valence-corrected chi connectivity index (χ1v) is 6.59. The van der Waals surface area contributed by atoms with E-state index in [1.54, 1.807) is 4.90 Å². The van der Waals surface area contributed by atoms with Crippen molar-refractivity contribution in [3.8, 4) is 0 Å². The van der Waals surface area contributed by atoms with Crippen molar-refractivity contribution in [1.29, 1.82) is 0 Å². The van der Waals surface area contributed by atoms with Crippen LogP contribution in [0.1, 0.15) is 13.3 Å². The molecule has 0 saturated carbocycles. The minimum Gasteiger partial charge on any atom is -0.481 e. The number of amides is 2. The van der Waals surface area contributed by atoms with Crippen LogP contribution in [0.25, 0.3) is 0 Å². The fourth-order valence-electron chi connectivity index (χ4n) is 2.44. The van der Waals surface area contributed by atoms with Crippen molar-refractivity contribution < 1.29 is 24.2 Å². The van der Waals surface area contributed by atoms with Crippen molar-refractivity contribution in [3.05, 3.63) is 0 Å². The van der Waals surface area contributed by atoms with Gasteiger partial charge >= 0.3 is 12.0 Å². The quantitative estimate of drug-likeness (QED) is 0.749. The molecule has 2 saturated heterocycles. The molecule has 108 valence electrons.